The Labute approximate surface area is 133 Å². The normalized spacial score (nSPS) is 9.47. The van der Waals surface area contributed by atoms with E-state index in [1.807, 2.05) is 30.3 Å². The predicted molar refractivity (Wildman–Crippen MR) is 69.3 cm³/mol. The zero-order valence-corrected chi connectivity index (χ0v) is 12.7. The van der Waals surface area contributed by atoms with E-state index >= 15 is 0 Å². The second-order valence-electron chi connectivity index (χ2n) is 3.92. The van der Waals surface area contributed by atoms with Crippen molar-refractivity contribution < 1.29 is 39.5 Å². The number of carboxylic acid groups (broad SMARTS) is 1. The maximum Gasteiger partial charge on any atom is 1.00 e. The van der Waals surface area contributed by atoms with E-state index in [0.29, 0.717) is 16.9 Å². The first-order valence-electron chi connectivity index (χ1n) is 5.56. The number of nitrogens with two attached hydrogens (primary N) is 1. The van der Waals surface area contributed by atoms with Crippen molar-refractivity contribution in [3.8, 4) is 0 Å². The van der Waals surface area contributed by atoms with Gasteiger partial charge in [-0.1, -0.05) is 30.3 Å². The number of nitrogens with one attached hydrogen (secondary N) is 1. The van der Waals surface area contributed by atoms with E-state index in [2.05, 4.69) is 5.32 Å². The van der Waals surface area contributed by atoms with E-state index in [1.54, 1.807) is 18.2 Å². The molecule has 4 nitrogen and oxygen atoms in total. The van der Waals surface area contributed by atoms with Crippen molar-refractivity contribution in [2.75, 3.05) is 11.1 Å². The van der Waals surface area contributed by atoms with Crippen molar-refractivity contribution in [1.29, 1.82) is 0 Å². The summed E-state index contributed by atoms with van der Waals surface area (Å²) in [6.45, 7) is 0. The Morgan fingerprint density at radius 2 is 1.79 bits per heavy atom. The molecule has 19 heavy (non-hydrogen) atoms. The van der Waals surface area contributed by atoms with Gasteiger partial charge in [0, 0.05) is 18.1 Å². The molecule has 5 heteroatoms. The molecule has 0 atom stereocenters. The van der Waals surface area contributed by atoms with Crippen LogP contribution in [0.25, 0.3) is 0 Å². The first kappa shape index (κ1) is 15.6. The Bertz CT molecular complexity index is 559. The summed E-state index contributed by atoms with van der Waals surface area (Å²) < 4.78 is 0. The van der Waals surface area contributed by atoms with E-state index in [9.17, 15) is 9.90 Å². The molecule has 2 aromatic carbocycles. The average molecular weight is 264 g/mol. The Kier molecular flexibility index (Phi) is 5.89. The second kappa shape index (κ2) is 7.19. The fraction of sp³-hybridized carbons (Fsp3) is 0.0714. The number of hydrogen-bond acceptors (Lipinski definition) is 4. The molecule has 3 N–H and O–H groups in total. The van der Waals surface area contributed by atoms with Gasteiger partial charge in [-0.2, -0.15) is 0 Å². The van der Waals surface area contributed by atoms with Gasteiger partial charge in [0.15, 0.2) is 0 Å². The minimum Gasteiger partial charge on any atom is -0.550 e. The minimum absolute atomic E-state index is 0. The molecule has 0 heterocycles. The second-order valence-corrected chi connectivity index (χ2v) is 3.92. The van der Waals surface area contributed by atoms with Crippen molar-refractivity contribution in [2.45, 2.75) is 6.42 Å². The molecule has 0 aliphatic rings. The zero-order chi connectivity index (χ0) is 13.0. The van der Waals surface area contributed by atoms with Crippen molar-refractivity contribution in [3.05, 3.63) is 54.1 Å². The molecular formula is C14H13N2NaO2. The number of carbonyl (C=O) groups excluding carboxylic acids is 1. The van der Waals surface area contributed by atoms with Crippen LogP contribution in [0.1, 0.15) is 5.56 Å². The summed E-state index contributed by atoms with van der Waals surface area (Å²) in [5, 5.41) is 13.8. The van der Waals surface area contributed by atoms with E-state index in [4.69, 9.17) is 5.73 Å². The molecule has 0 spiro atoms. The molecule has 0 aliphatic heterocycles. The largest absolute Gasteiger partial charge is 1.00 e. The SMILES string of the molecule is Nc1c(CC(=O)[O-])cccc1Nc1ccccc1.[Na+]. The van der Waals surface area contributed by atoms with Gasteiger partial charge >= 0.3 is 29.6 Å². The number of hydrogen-bond donors (Lipinski definition) is 2. The standard InChI is InChI=1S/C14H14N2O2.Na/c15-14-10(9-13(17)18)5-4-8-12(14)16-11-6-2-1-3-7-11;/h1-8,16H,9,15H2,(H,17,18);/q;+1/p-1. The van der Waals surface area contributed by atoms with Gasteiger partial charge in [-0.3, -0.25) is 0 Å². The van der Waals surface area contributed by atoms with Crippen LogP contribution in [0.3, 0.4) is 0 Å². The van der Waals surface area contributed by atoms with Gasteiger partial charge in [0.25, 0.3) is 0 Å². The Hall–Kier alpha value is -1.49. The predicted octanol–water partition coefficient (Wildman–Crippen LogP) is -1.69. The van der Waals surface area contributed by atoms with Crippen LogP contribution in [0.4, 0.5) is 17.1 Å². The molecule has 0 radical (unpaired) electrons. The summed E-state index contributed by atoms with van der Waals surface area (Å²) in [4.78, 5) is 10.6. The number of rotatable bonds is 4. The Morgan fingerprint density at radius 1 is 1.11 bits per heavy atom. The van der Waals surface area contributed by atoms with Crippen molar-refractivity contribution in [2.24, 2.45) is 0 Å². The third kappa shape index (κ3) is 4.28. The van der Waals surface area contributed by atoms with Gasteiger partial charge in [0.1, 0.15) is 0 Å². The summed E-state index contributed by atoms with van der Waals surface area (Å²) in [7, 11) is 0. The van der Waals surface area contributed by atoms with Crippen LogP contribution in [0.15, 0.2) is 48.5 Å². The van der Waals surface area contributed by atoms with Crippen LogP contribution < -0.4 is 45.7 Å². The molecule has 0 fully saturated rings. The number of benzene rings is 2. The maximum atomic E-state index is 10.6. The molecule has 0 bridgehead atoms. The molecular weight excluding hydrogens is 251 g/mol. The van der Waals surface area contributed by atoms with Gasteiger partial charge in [-0.05, 0) is 23.8 Å². The molecule has 0 saturated carbocycles. The molecule has 2 rings (SSSR count). The fourth-order valence-electron chi connectivity index (χ4n) is 1.71. The summed E-state index contributed by atoms with van der Waals surface area (Å²) in [5.74, 6) is -1.14. The van der Waals surface area contributed by atoms with E-state index < -0.39 is 5.97 Å². The van der Waals surface area contributed by atoms with E-state index in [0.717, 1.165) is 5.69 Å². The Morgan fingerprint density at radius 3 is 2.42 bits per heavy atom. The van der Waals surface area contributed by atoms with Gasteiger partial charge in [-0.15, -0.1) is 0 Å². The fourth-order valence-corrected chi connectivity index (χ4v) is 1.71. The summed E-state index contributed by atoms with van der Waals surface area (Å²) in [5.41, 5.74) is 8.51. The third-order valence-electron chi connectivity index (χ3n) is 2.58. The first-order chi connectivity index (χ1) is 8.66. The van der Waals surface area contributed by atoms with E-state index in [-0.39, 0.29) is 36.0 Å². The third-order valence-corrected chi connectivity index (χ3v) is 2.58. The van der Waals surface area contributed by atoms with Crippen LogP contribution >= 0.6 is 0 Å². The van der Waals surface area contributed by atoms with Crippen molar-refractivity contribution in [1.82, 2.24) is 0 Å². The number of aliphatic carboxylic acids is 1. The number of nitrogen functional groups attached to an aromatic ring is 1. The minimum atomic E-state index is -1.14. The maximum absolute atomic E-state index is 10.6. The van der Waals surface area contributed by atoms with Crippen LogP contribution in [0.2, 0.25) is 0 Å². The number of carboxylic acids is 1. The zero-order valence-electron chi connectivity index (χ0n) is 10.7. The van der Waals surface area contributed by atoms with Gasteiger partial charge < -0.3 is 21.0 Å². The molecule has 0 amide bonds. The monoisotopic (exact) mass is 264 g/mol. The first-order valence-corrected chi connectivity index (χ1v) is 5.56. The molecule has 2 aromatic rings. The molecule has 0 unspecified atom stereocenters. The van der Waals surface area contributed by atoms with Crippen molar-refractivity contribution in [3.63, 3.8) is 0 Å². The van der Waals surface area contributed by atoms with Gasteiger partial charge in [0.05, 0.1) is 11.4 Å². The summed E-state index contributed by atoms with van der Waals surface area (Å²) >= 11 is 0. The van der Waals surface area contributed by atoms with Crippen LogP contribution in [0, 0.1) is 0 Å². The molecule has 0 aromatic heterocycles. The number of carbonyl (C=O) groups is 1. The number of anilines is 3. The topological polar surface area (TPSA) is 78.2 Å². The van der Waals surface area contributed by atoms with Gasteiger partial charge in [0.2, 0.25) is 0 Å². The van der Waals surface area contributed by atoms with E-state index in [1.165, 1.54) is 0 Å². The Balaban J connectivity index is 0.00000180. The van der Waals surface area contributed by atoms with Crippen LogP contribution in [-0.2, 0) is 11.2 Å². The van der Waals surface area contributed by atoms with Crippen LogP contribution in [-0.4, -0.2) is 5.97 Å². The van der Waals surface area contributed by atoms with Crippen molar-refractivity contribution >= 4 is 23.0 Å². The van der Waals surface area contributed by atoms with Gasteiger partial charge in [-0.25, -0.2) is 0 Å². The average Bonchev–Trinajstić information content (AvgIpc) is 2.35. The molecule has 0 saturated heterocycles. The molecule has 92 valence electrons. The smallest absolute Gasteiger partial charge is 0.550 e. The molecule has 0 aliphatic carbocycles. The summed E-state index contributed by atoms with van der Waals surface area (Å²) in [6.07, 6.45) is -0.184. The quantitative estimate of drug-likeness (QED) is 0.510. The number of para-hydroxylation sites is 2. The van der Waals surface area contributed by atoms with Crippen LogP contribution in [0.5, 0.6) is 0 Å². The summed E-state index contributed by atoms with van der Waals surface area (Å²) in [6, 6.07) is 14.8.